The van der Waals surface area contributed by atoms with Gasteiger partial charge in [-0.3, -0.25) is 4.79 Å². The summed E-state index contributed by atoms with van der Waals surface area (Å²) >= 11 is 0. The molecule has 0 spiro atoms. The Morgan fingerprint density at radius 2 is 2.00 bits per heavy atom. The Bertz CT molecular complexity index is 348. The van der Waals surface area contributed by atoms with Crippen molar-refractivity contribution in [1.82, 2.24) is 10.2 Å². The quantitative estimate of drug-likeness (QED) is 0.637. The second kappa shape index (κ2) is 10.1. The van der Waals surface area contributed by atoms with Crippen molar-refractivity contribution < 1.29 is 14.7 Å². The van der Waals surface area contributed by atoms with Gasteiger partial charge in [0.05, 0.1) is 6.54 Å². The van der Waals surface area contributed by atoms with Crippen LogP contribution in [0, 0.1) is 24.2 Å². The van der Waals surface area contributed by atoms with Crippen LogP contribution in [0.1, 0.15) is 40.0 Å². The fourth-order valence-electron chi connectivity index (χ4n) is 2.03. The van der Waals surface area contributed by atoms with Crippen molar-refractivity contribution in [1.29, 1.82) is 0 Å². The van der Waals surface area contributed by atoms with Crippen LogP contribution >= 0.6 is 0 Å². The number of hydrogen-bond acceptors (Lipinski definition) is 2. The monoisotopic (exact) mass is 282 g/mol. The fourth-order valence-corrected chi connectivity index (χ4v) is 2.03. The highest BCUT2D eigenvalue weighted by Crippen LogP contribution is 2.20. The summed E-state index contributed by atoms with van der Waals surface area (Å²) in [6, 6.07) is -0.161. The molecule has 0 aromatic rings. The van der Waals surface area contributed by atoms with Crippen LogP contribution in [-0.4, -0.2) is 41.6 Å². The highest BCUT2D eigenvalue weighted by atomic mass is 16.4. The van der Waals surface area contributed by atoms with Gasteiger partial charge < -0.3 is 15.3 Å². The van der Waals surface area contributed by atoms with Crippen molar-refractivity contribution in [3.8, 4) is 12.3 Å². The van der Waals surface area contributed by atoms with Gasteiger partial charge in [0.25, 0.3) is 0 Å². The third kappa shape index (κ3) is 7.67. The van der Waals surface area contributed by atoms with Gasteiger partial charge in [-0.2, -0.15) is 0 Å². The number of aliphatic carboxylic acids is 1. The van der Waals surface area contributed by atoms with E-state index in [0.29, 0.717) is 37.9 Å². The van der Waals surface area contributed by atoms with Crippen molar-refractivity contribution in [2.45, 2.75) is 40.0 Å². The Balaban J connectivity index is 4.13. The Kier molecular flexibility index (Phi) is 9.27. The topological polar surface area (TPSA) is 69.6 Å². The molecule has 1 unspecified atom stereocenters. The Morgan fingerprint density at radius 1 is 1.35 bits per heavy atom. The van der Waals surface area contributed by atoms with E-state index in [1.54, 1.807) is 4.90 Å². The van der Waals surface area contributed by atoms with Gasteiger partial charge in [0, 0.05) is 19.5 Å². The molecule has 0 aromatic carbocycles. The highest BCUT2D eigenvalue weighted by Gasteiger charge is 2.16. The first-order valence-corrected chi connectivity index (χ1v) is 7.10. The molecule has 20 heavy (non-hydrogen) atoms. The molecule has 2 N–H and O–H groups in total. The van der Waals surface area contributed by atoms with Gasteiger partial charge >= 0.3 is 12.0 Å². The molecule has 0 aliphatic heterocycles. The Labute approximate surface area is 121 Å². The molecule has 5 heteroatoms. The molecular formula is C15H26N2O3. The number of carbonyl (C=O) groups excluding carboxylic acids is 1. The van der Waals surface area contributed by atoms with Gasteiger partial charge in [0.1, 0.15) is 0 Å². The summed E-state index contributed by atoms with van der Waals surface area (Å²) in [4.78, 5) is 24.0. The number of carbonyl (C=O) groups is 2. The lowest BCUT2D eigenvalue weighted by Crippen LogP contribution is -2.40. The maximum absolute atomic E-state index is 11.8. The molecule has 2 amide bonds. The molecule has 0 bridgehead atoms. The van der Waals surface area contributed by atoms with Crippen molar-refractivity contribution in [3.63, 3.8) is 0 Å². The number of nitrogens with one attached hydrogen (secondary N) is 1. The van der Waals surface area contributed by atoms with Gasteiger partial charge in [-0.25, -0.2) is 4.79 Å². The van der Waals surface area contributed by atoms with Crippen LogP contribution in [-0.2, 0) is 4.79 Å². The summed E-state index contributed by atoms with van der Waals surface area (Å²) in [5, 5.41) is 11.6. The highest BCUT2D eigenvalue weighted by molar-refractivity contribution is 5.74. The minimum absolute atomic E-state index is 0.161. The second-order valence-electron chi connectivity index (χ2n) is 5.18. The first-order chi connectivity index (χ1) is 9.42. The van der Waals surface area contributed by atoms with Crippen LogP contribution in [0.4, 0.5) is 4.79 Å². The number of terminal acetylenes is 1. The zero-order valence-electron chi connectivity index (χ0n) is 12.7. The van der Waals surface area contributed by atoms with E-state index in [1.165, 1.54) is 0 Å². The minimum Gasteiger partial charge on any atom is -0.481 e. The van der Waals surface area contributed by atoms with E-state index in [0.717, 1.165) is 6.42 Å². The molecule has 0 saturated carbocycles. The lowest BCUT2D eigenvalue weighted by atomic mass is 9.88. The minimum atomic E-state index is -0.772. The van der Waals surface area contributed by atoms with Crippen LogP contribution in [0.25, 0.3) is 0 Å². The maximum atomic E-state index is 11.8. The average Bonchev–Trinajstić information content (AvgIpc) is 2.38. The van der Waals surface area contributed by atoms with Gasteiger partial charge in [0.15, 0.2) is 0 Å². The molecule has 5 nitrogen and oxygen atoms in total. The van der Waals surface area contributed by atoms with E-state index in [-0.39, 0.29) is 12.5 Å². The number of urea groups is 1. The number of amides is 2. The van der Waals surface area contributed by atoms with Crippen LogP contribution in [0.5, 0.6) is 0 Å². The summed E-state index contributed by atoms with van der Waals surface area (Å²) in [6.07, 6.45) is 6.80. The van der Waals surface area contributed by atoms with Crippen LogP contribution in [0.15, 0.2) is 0 Å². The average molecular weight is 282 g/mol. The summed E-state index contributed by atoms with van der Waals surface area (Å²) in [6.45, 7) is 7.44. The fraction of sp³-hybridized carbons (Fsp3) is 0.733. The van der Waals surface area contributed by atoms with Crippen LogP contribution in [0.3, 0.4) is 0 Å². The summed E-state index contributed by atoms with van der Waals surface area (Å²) in [5.41, 5.74) is 0. The summed E-state index contributed by atoms with van der Waals surface area (Å²) in [5.74, 6) is 2.38. The van der Waals surface area contributed by atoms with Gasteiger partial charge in [-0.1, -0.05) is 19.8 Å². The molecule has 114 valence electrons. The van der Waals surface area contributed by atoms with Gasteiger partial charge in [-0.15, -0.1) is 6.42 Å². The van der Waals surface area contributed by atoms with E-state index < -0.39 is 5.97 Å². The third-order valence-electron chi connectivity index (χ3n) is 3.41. The number of nitrogens with zero attached hydrogens (tertiary/aromatic N) is 1. The molecule has 0 rings (SSSR count). The Hall–Kier alpha value is -1.70. The number of rotatable bonds is 9. The van der Waals surface area contributed by atoms with E-state index in [9.17, 15) is 9.59 Å². The Morgan fingerprint density at radius 3 is 2.45 bits per heavy atom. The predicted molar refractivity (Wildman–Crippen MR) is 79.3 cm³/mol. The lowest BCUT2D eigenvalue weighted by molar-refractivity contribution is -0.137. The van der Waals surface area contributed by atoms with Gasteiger partial charge in [0.2, 0.25) is 0 Å². The number of carboxylic acid groups (broad SMARTS) is 1. The van der Waals surface area contributed by atoms with E-state index in [1.807, 2.05) is 6.92 Å². The van der Waals surface area contributed by atoms with Crippen molar-refractivity contribution in [3.05, 3.63) is 0 Å². The first kappa shape index (κ1) is 18.3. The summed E-state index contributed by atoms with van der Waals surface area (Å²) < 4.78 is 0. The summed E-state index contributed by atoms with van der Waals surface area (Å²) in [7, 11) is 0. The largest absolute Gasteiger partial charge is 0.481 e. The molecule has 0 aromatic heterocycles. The van der Waals surface area contributed by atoms with Crippen LogP contribution < -0.4 is 5.32 Å². The molecule has 0 aliphatic rings. The molecular weight excluding hydrogens is 256 g/mol. The zero-order valence-corrected chi connectivity index (χ0v) is 12.7. The predicted octanol–water partition coefficient (Wildman–Crippen LogP) is 2.18. The van der Waals surface area contributed by atoms with Crippen molar-refractivity contribution in [2.24, 2.45) is 11.8 Å². The number of carboxylic acids is 1. The lowest BCUT2D eigenvalue weighted by Gasteiger charge is -2.22. The normalized spacial score (nSPS) is 11.8. The van der Waals surface area contributed by atoms with Crippen molar-refractivity contribution in [2.75, 3.05) is 19.6 Å². The maximum Gasteiger partial charge on any atom is 0.318 e. The van der Waals surface area contributed by atoms with E-state index >= 15 is 0 Å². The molecule has 0 radical (unpaired) electrons. The molecule has 1 atom stereocenters. The molecule has 0 saturated heterocycles. The van der Waals surface area contributed by atoms with Gasteiger partial charge in [-0.05, 0) is 31.6 Å². The standard InChI is InChI=1S/C15H26N2O3/c1-5-11-17(6-2)15(20)16-10-9-13(12(3)4)7-8-14(18)19/h1,12-13H,6-11H2,2-4H3,(H,16,20)(H,18,19). The number of hydrogen-bond donors (Lipinski definition) is 2. The second-order valence-corrected chi connectivity index (χ2v) is 5.18. The first-order valence-electron chi connectivity index (χ1n) is 7.10. The van der Waals surface area contributed by atoms with Crippen LogP contribution in [0.2, 0.25) is 0 Å². The molecule has 0 fully saturated rings. The van der Waals surface area contributed by atoms with Crippen molar-refractivity contribution >= 4 is 12.0 Å². The van der Waals surface area contributed by atoms with E-state index in [4.69, 9.17) is 11.5 Å². The van der Waals surface area contributed by atoms with E-state index in [2.05, 4.69) is 25.1 Å². The SMILES string of the molecule is C#CCN(CC)C(=O)NCCC(CCC(=O)O)C(C)C. The third-order valence-corrected chi connectivity index (χ3v) is 3.41. The smallest absolute Gasteiger partial charge is 0.318 e. The zero-order chi connectivity index (χ0) is 15.5. The molecule has 0 heterocycles. The molecule has 0 aliphatic carbocycles.